The van der Waals surface area contributed by atoms with E-state index in [1.807, 2.05) is 6.07 Å². The van der Waals surface area contributed by atoms with E-state index < -0.39 is 9.84 Å². The average molecular weight is 419 g/mol. The van der Waals surface area contributed by atoms with Gasteiger partial charge < -0.3 is 0 Å². The standard InChI is InChI=1S/C20H19FN2O3S2/c1-13-3-4-15(10-18(13)21)9-17-11-22-20(27-17)23-19(24)16-7-5-14(6-8-16)12-28(2,25)26/h3-8,10-11H,9,12H2,1-2H3,(H,22,23,24). The zero-order valence-electron chi connectivity index (χ0n) is 15.4. The molecule has 0 aliphatic heterocycles. The molecule has 0 aliphatic carbocycles. The number of halogens is 1. The summed E-state index contributed by atoms with van der Waals surface area (Å²) in [5, 5.41) is 3.18. The SMILES string of the molecule is Cc1ccc(Cc2cnc(NC(=O)c3ccc(CS(C)(=O)=O)cc3)s2)cc1F. The lowest BCUT2D eigenvalue weighted by molar-refractivity contribution is 0.102. The minimum Gasteiger partial charge on any atom is -0.298 e. The number of nitrogens with zero attached hydrogens (tertiary/aromatic N) is 1. The van der Waals surface area contributed by atoms with Crippen LogP contribution in [0.1, 0.15) is 31.9 Å². The Bertz CT molecular complexity index is 1110. The molecule has 0 saturated carbocycles. The Morgan fingerprint density at radius 1 is 1.14 bits per heavy atom. The van der Waals surface area contributed by atoms with Crippen molar-refractivity contribution in [2.45, 2.75) is 19.1 Å². The van der Waals surface area contributed by atoms with E-state index in [0.717, 1.165) is 10.4 Å². The number of hydrogen-bond donors (Lipinski definition) is 1. The Morgan fingerprint density at radius 3 is 2.46 bits per heavy atom. The molecule has 0 radical (unpaired) electrons. The molecule has 3 rings (SSSR count). The van der Waals surface area contributed by atoms with Gasteiger partial charge in [-0.3, -0.25) is 10.1 Å². The lowest BCUT2D eigenvalue weighted by atomic mass is 10.1. The first-order valence-electron chi connectivity index (χ1n) is 8.47. The quantitative estimate of drug-likeness (QED) is 0.657. The van der Waals surface area contributed by atoms with E-state index in [9.17, 15) is 17.6 Å². The summed E-state index contributed by atoms with van der Waals surface area (Å²) in [6, 6.07) is 11.5. The molecule has 5 nitrogen and oxygen atoms in total. The Balaban J connectivity index is 1.64. The topological polar surface area (TPSA) is 76.1 Å². The Labute approximate surface area is 167 Å². The smallest absolute Gasteiger partial charge is 0.257 e. The van der Waals surface area contributed by atoms with E-state index in [2.05, 4.69) is 10.3 Å². The highest BCUT2D eigenvalue weighted by molar-refractivity contribution is 7.89. The molecule has 0 bridgehead atoms. The maximum atomic E-state index is 13.7. The van der Waals surface area contributed by atoms with Crippen LogP contribution in [0.5, 0.6) is 0 Å². The van der Waals surface area contributed by atoms with E-state index in [1.54, 1.807) is 43.5 Å². The maximum Gasteiger partial charge on any atom is 0.257 e. The van der Waals surface area contributed by atoms with Crippen molar-refractivity contribution < 1.29 is 17.6 Å². The summed E-state index contributed by atoms with van der Waals surface area (Å²) >= 11 is 1.33. The van der Waals surface area contributed by atoms with Crippen molar-refractivity contribution in [2.75, 3.05) is 11.6 Å². The van der Waals surface area contributed by atoms with Gasteiger partial charge in [0.2, 0.25) is 0 Å². The highest BCUT2D eigenvalue weighted by Crippen LogP contribution is 2.23. The van der Waals surface area contributed by atoms with Crippen LogP contribution in [-0.2, 0) is 22.0 Å². The molecule has 0 fully saturated rings. The number of anilines is 1. The normalized spacial score (nSPS) is 11.4. The van der Waals surface area contributed by atoms with Crippen molar-refractivity contribution in [2.24, 2.45) is 0 Å². The maximum absolute atomic E-state index is 13.7. The number of carbonyl (C=O) groups excluding carboxylic acids is 1. The largest absolute Gasteiger partial charge is 0.298 e. The summed E-state index contributed by atoms with van der Waals surface area (Å²) in [7, 11) is -3.12. The molecule has 0 aliphatic rings. The summed E-state index contributed by atoms with van der Waals surface area (Å²) < 4.78 is 36.3. The van der Waals surface area contributed by atoms with Crippen molar-refractivity contribution in [3.63, 3.8) is 0 Å². The van der Waals surface area contributed by atoms with Gasteiger partial charge in [-0.15, -0.1) is 11.3 Å². The van der Waals surface area contributed by atoms with E-state index in [4.69, 9.17) is 0 Å². The molecule has 2 aromatic carbocycles. The molecular formula is C20H19FN2O3S2. The fourth-order valence-electron chi connectivity index (χ4n) is 2.62. The number of rotatable bonds is 6. The van der Waals surface area contributed by atoms with E-state index in [0.29, 0.717) is 28.2 Å². The minimum absolute atomic E-state index is 0.0651. The first-order valence-corrected chi connectivity index (χ1v) is 11.3. The number of nitrogens with one attached hydrogen (secondary N) is 1. The molecule has 0 spiro atoms. The Hall–Kier alpha value is -2.58. The zero-order chi connectivity index (χ0) is 20.3. The molecule has 0 saturated heterocycles. The van der Waals surface area contributed by atoms with Gasteiger partial charge in [-0.05, 0) is 41.8 Å². The highest BCUT2D eigenvalue weighted by atomic mass is 32.2. The van der Waals surface area contributed by atoms with E-state index in [-0.39, 0.29) is 17.5 Å². The first-order chi connectivity index (χ1) is 13.2. The first kappa shape index (κ1) is 20.2. The number of aromatic nitrogens is 1. The van der Waals surface area contributed by atoms with Crippen LogP contribution >= 0.6 is 11.3 Å². The molecule has 0 unspecified atom stereocenters. The third-order valence-electron chi connectivity index (χ3n) is 4.03. The van der Waals surface area contributed by atoms with Gasteiger partial charge in [0.15, 0.2) is 15.0 Å². The molecular weight excluding hydrogens is 399 g/mol. The fourth-order valence-corrected chi connectivity index (χ4v) is 4.26. The van der Waals surface area contributed by atoms with Gasteiger partial charge in [0, 0.05) is 29.3 Å². The summed E-state index contributed by atoms with van der Waals surface area (Å²) in [4.78, 5) is 17.5. The van der Waals surface area contributed by atoms with Crippen LogP contribution in [0.3, 0.4) is 0 Å². The van der Waals surface area contributed by atoms with Crippen molar-refractivity contribution in [1.82, 2.24) is 4.98 Å². The molecule has 3 aromatic rings. The van der Waals surface area contributed by atoms with Gasteiger partial charge in [0.1, 0.15) is 5.82 Å². The number of thiazole rings is 1. The molecule has 8 heteroatoms. The van der Waals surface area contributed by atoms with Crippen LogP contribution < -0.4 is 5.32 Å². The molecule has 0 atom stereocenters. The van der Waals surface area contributed by atoms with Crippen LogP contribution in [0.15, 0.2) is 48.7 Å². The number of aryl methyl sites for hydroxylation is 1. The summed E-state index contributed by atoms with van der Waals surface area (Å²) in [5.41, 5.74) is 2.48. The predicted molar refractivity (Wildman–Crippen MR) is 109 cm³/mol. The molecule has 146 valence electrons. The second-order valence-electron chi connectivity index (χ2n) is 6.61. The third kappa shape index (κ3) is 5.46. The van der Waals surface area contributed by atoms with Crippen molar-refractivity contribution in [3.8, 4) is 0 Å². The van der Waals surface area contributed by atoms with Crippen molar-refractivity contribution in [1.29, 1.82) is 0 Å². The molecule has 28 heavy (non-hydrogen) atoms. The minimum atomic E-state index is -3.12. The number of sulfone groups is 1. The van der Waals surface area contributed by atoms with Crippen LogP contribution in [0, 0.1) is 12.7 Å². The van der Waals surface area contributed by atoms with Gasteiger partial charge in [0.05, 0.1) is 5.75 Å². The number of benzene rings is 2. The van der Waals surface area contributed by atoms with Crippen LogP contribution in [0.2, 0.25) is 0 Å². The van der Waals surface area contributed by atoms with Gasteiger partial charge >= 0.3 is 0 Å². The lowest BCUT2D eigenvalue weighted by Gasteiger charge is -2.04. The van der Waals surface area contributed by atoms with Gasteiger partial charge in [0.25, 0.3) is 5.91 Å². The monoisotopic (exact) mass is 418 g/mol. The summed E-state index contributed by atoms with van der Waals surface area (Å²) in [6.45, 7) is 1.72. The Morgan fingerprint density at radius 2 is 1.82 bits per heavy atom. The van der Waals surface area contributed by atoms with Gasteiger partial charge in [-0.2, -0.15) is 0 Å². The van der Waals surface area contributed by atoms with Crippen LogP contribution in [0.4, 0.5) is 9.52 Å². The third-order valence-corrected chi connectivity index (χ3v) is 5.80. The number of amides is 1. The second-order valence-corrected chi connectivity index (χ2v) is 9.87. The fraction of sp³-hybridized carbons (Fsp3) is 0.200. The molecule has 1 amide bonds. The number of hydrogen-bond acceptors (Lipinski definition) is 5. The zero-order valence-corrected chi connectivity index (χ0v) is 17.0. The lowest BCUT2D eigenvalue weighted by Crippen LogP contribution is -2.11. The summed E-state index contributed by atoms with van der Waals surface area (Å²) in [5.74, 6) is -0.632. The van der Waals surface area contributed by atoms with E-state index >= 15 is 0 Å². The second kappa shape index (κ2) is 8.20. The van der Waals surface area contributed by atoms with Gasteiger partial charge in [-0.1, -0.05) is 24.3 Å². The van der Waals surface area contributed by atoms with E-state index in [1.165, 1.54) is 23.7 Å². The van der Waals surface area contributed by atoms with Crippen LogP contribution in [-0.4, -0.2) is 25.6 Å². The molecule has 1 N–H and O–H groups in total. The predicted octanol–water partition coefficient (Wildman–Crippen LogP) is 3.98. The highest BCUT2D eigenvalue weighted by Gasteiger charge is 2.11. The molecule has 1 heterocycles. The summed E-state index contributed by atoms with van der Waals surface area (Å²) in [6.07, 6.45) is 3.36. The van der Waals surface area contributed by atoms with Crippen molar-refractivity contribution >= 4 is 32.2 Å². The van der Waals surface area contributed by atoms with Crippen molar-refractivity contribution in [3.05, 3.63) is 81.6 Å². The van der Waals surface area contributed by atoms with Gasteiger partial charge in [-0.25, -0.2) is 17.8 Å². The van der Waals surface area contributed by atoms with Crippen LogP contribution in [0.25, 0.3) is 0 Å². The number of carbonyl (C=O) groups is 1. The molecule has 1 aromatic heterocycles. The average Bonchev–Trinajstić information content (AvgIpc) is 3.04. The Kier molecular flexibility index (Phi) is 5.90.